The van der Waals surface area contributed by atoms with Crippen LogP contribution in [0.2, 0.25) is 0 Å². The van der Waals surface area contributed by atoms with Gasteiger partial charge in [-0.2, -0.15) is 0 Å². The number of nitrogens with one attached hydrogen (secondary N) is 1. The van der Waals surface area contributed by atoms with Crippen molar-refractivity contribution in [2.24, 2.45) is 0 Å². The maximum atomic E-state index is 11.7. The summed E-state index contributed by atoms with van der Waals surface area (Å²) in [4.78, 5) is 20.5. The second-order valence-corrected chi connectivity index (χ2v) is 5.59. The number of nitrogens with zero attached hydrogens (tertiary/aromatic N) is 1. The largest absolute Gasteiger partial charge is 0.398 e. The Hall–Kier alpha value is -2.27. The van der Waals surface area contributed by atoms with Crippen LogP contribution >= 0.6 is 11.8 Å². The summed E-state index contributed by atoms with van der Waals surface area (Å²) in [5.41, 5.74) is 8.31. The van der Waals surface area contributed by atoms with Crippen LogP contribution in [0.1, 0.15) is 5.56 Å². The Morgan fingerprint density at radius 1 is 1.20 bits per heavy atom. The van der Waals surface area contributed by atoms with Crippen LogP contribution in [0.5, 0.6) is 0 Å². The molecule has 0 bridgehead atoms. The number of H-pyrrole nitrogens is 1. The molecule has 3 aromatic rings. The standard InChI is InChI=1S/C15H13N3OS/c1-9-4-2-3-5-13(9)20-14-7-12-10(6-11(14)16)15(19)18-8-17-12/h2-8H,16H2,1H3,(H,17,18,19). The van der Waals surface area contributed by atoms with Gasteiger partial charge in [0.2, 0.25) is 0 Å². The molecule has 0 unspecified atom stereocenters. The zero-order valence-corrected chi connectivity index (χ0v) is 11.7. The van der Waals surface area contributed by atoms with Crippen molar-refractivity contribution in [2.45, 2.75) is 16.7 Å². The van der Waals surface area contributed by atoms with Gasteiger partial charge in [-0.3, -0.25) is 4.79 Å². The molecule has 3 N–H and O–H groups in total. The number of aryl methyl sites for hydroxylation is 1. The van der Waals surface area contributed by atoms with Crippen molar-refractivity contribution in [2.75, 3.05) is 5.73 Å². The van der Waals surface area contributed by atoms with Gasteiger partial charge in [0.15, 0.2) is 0 Å². The molecule has 3 rings (SSSR count). The van der Waals surface area contributed by atoms with E-state index in [9.17, 15) is 4.79 Å². The van der Waals surface area contributed by atoms with Crippen LogP contribution in [0, 0.1) is 6.92 Å². The van der Waals surface area contributed by atoms with E-state index in [0.717, 1.165) is 9.79 Å². The van der Waals surface area contributed by atoms with Gasteiger partial charge >= 0.3 is 0 Å². The predicted octanol–water partition coefficient (Wildman–Crippen LogP) is 2.96. The Bertz CT molecular complexity index is 842. The van der Waals surface area contributed by atoms with E-state index in [2.05, 4.69) is 29.0 Å². The highest BCUT2D eigenvalue weighted by Gasteiger charge is 2.08. The number of rotatable bonds is 2. The average Bonchev–Trinajstić information content (AvgIpc) is 2.43. The lowest BCUT2D eigenvalue weighted by Crippen LogP contribution is -2.07. The molecule has 0 aliphatic carbocycles. The quantitative estimate of drug-likeness (QED) is 0.709. The molecule has 0 radical (unpaired) electrons. The fourth-order valence-electron chi connectivity index (χ4n) is 1.99. The topological polar surface area (TPSA) is 71.8 Å². The number of nitrogens with two attached hydrogens (primary N) is 1. The van der Waals surface area contributed by atoms with Gasteiger partial charge in [-0.25, -0.2) is 4.98 Å². The lowest BCUT2D eigenvalue weighted by Gasteiger charge is -2.08. The second-order valence-electron chi connectivity index (χ2n) is 4.51. The van der Waals surface area contributed by atoms with Gasteiger partial charge < -0.3 is 10.7 Å². The Labute approximate surface area is 120 Å². The Balaban J connectivity index is 2.11. The summed E-state index contributed by atoms with van der Waals surface area (Å²) < 4.78 is 0. The fourth-order valence-corrected chi connectivity index (χ4v) is 2.95. The minimum absolute atomic E-state index is 0.172. The van der Waals surface area contributed by atoms with Crippen LogP contribution in [-0.4, -0.2) is 9.97 Å². The van der Waals surface area contributed by atoms with E-state index >= 15 is 0 Å². The van der Waals surface area contributed by atoms with Crippen molar-refractivity contribution in [3.05, 3.63) is 58.6 Å². The van der Waals surface area contributed by atoms with Crippen molar-refractivity contribution in [3.8, 4) is 0 Å². The Morgan fingerprint density at radius 2 is 2.00 bits per heavy atom. The second kappa shape index (κ2) is 5.02. The molecule has 0 spiro atoms. The smallest absolute Gasteiger partial charge is 0.258 e. The van der Waals surface area contributed by atoms with Crippen LogP contribution in [0.4, 0.5) is 5.69 Å². The normalized spacial score (nSPS) is 10.8. The number of anilines is 1. The van der Waals surface area contributed by atoms with Gasteiger partial charge in [0.25, 0.3) is 5.56 Å². The van der Waals surface area contributed by atoms with Gasteiger partial charge in [-0.15, -0.1) is 0 Å². The molecule has 5 heteroatoms. The maximum Gasteiger partial charge on any atom is 0.258 e. The Morgan fingerprint density at radius 3 is 2.80 bits per heavy atom. The summed E-state index contributed by atoms with van der Waals surface area (Å²) >= 11 is 1.58. The Kier molecular flexibility index (Phi) is 3.20. The molecule has 0 saturated heterocycles. The molecule has 1 heterocycles. The molecule has 2 aromatic carbocycles. The van der Waals surface area contributed by atoms with Gasteiger partial charge in [0, 0.05) is 15.5 Å². The molecule has 1 aromatic heterocycles. The van der Waals surface area contributed by atoms with Crippen LogP contribution < -0.4 is 11.3 Å². The van der Waals surface area contributed by atoms with Gasteiger partial charge in [0.1, 0.15) is 0 Å². The minimum Gasteiger partial charge on any atom is -0.398 e. The number of benzene rings is 2. The first-order valence-electron chi connectivity index (χ1n) is 6.15. The highest BCUT2D eigenvalue weighted by Crippen LogP contribution is 2.35. The van der Waals surface area contributed by atoms with E-state index in [1.54, 1.807) is 17.8 Å². The first kappa shape index (κ1) is 12.7. The van der Waals surface area contributed by atoms with Crippen molar-refractivity contribution in [1.82, 2.24) is 9.97 Å². The predicted molar refractivity (Wildman–Crippen MR) is 82.1 cm³/mol. The molecular formula is C15H13N3OS. The third-order valence-electron chi connectivity index (χ3n) is 3.09. The van der Waals surface area contributed by atoms with Crippen molar-refractivity contribution in [1.29, 1.82) is 0 Å². The number of aromatic nitrogens is 2. The average molecular weight is 283 g/mol. The van der Waals surface area contributed by atoms with Gasteiger partial charge in [-0.05, 0) is 30.7 Å². The van der Waals surface area contributed by atoms with E-state index in [1.165, 1.54) is 11.9 Å². The van der Waals surface area contributed by atoms with Crippen LogP contribution in [-0.2, 0) is 0 Å². The van der Waals surface area contributed by atoms with Crippen molar-refractivity contribution in [3.63, 3.8) is 0 Å². The summed E-state index contributed by atoms with van der Waals surface area (Å²) in [6.07, 6.45) is 1.41. The lowest BCUT2D eigenvalue weighted by atomic mass is 10.2. The first-order valence-corrected chi connectivity index (χ1v) is 6.97. The molecule has 100 valence electrons. The lowest BCUT2D eigenvalue weighted by molar-refractivity contribution is 1.17. The van der Waals surface area contributed by atoms with E-state index in [1.807, 2.05) is 18.2 Å². The van der Waals surface area contributed by atoms with Crippen molar-refractivity contribution >= 4 is 28.4 Å². The summed E-state index contributed by atoms with van der Waals surface area (Å²) in [6.45, 7) is 2.06. The summed E-state index contributed by atoms with van der Waals surface area (Å²) in [5.74, 6) is 0. The monoisotopic (exact) mass is 283 g/mol. The molecule has 0 amide bonds. The zero-order valence-electron chi connectivity index (χ0n) is 10.9. The summed E-state index contributed by atoms with van der Waals surface area (Å²) in [5, 5.41) is 0.513. The minimum atomic E-state index is -0.172. The molecule has 4 nitrogen and oxygen atoms in total. The molecule has 0 aliphatic heterocycles. The molecule has 0 fully saturated rings. The maximum absolute atomic E-state index is 11.7. The first-order chi connectivity index (χ1) is 9.65. The van der Waals surface area contributed by atoms with Gasteiger partial charge in [0.05, 0.1) is 17.2 Å². The van der Waals surface area contributed by atoms with Crippen LogP contribution in [0.25, 0.3) is 10.9 Å². The summed E-state index contributed by atoms with van der Waals surface area (Å²) in [6, 6.07) is 11.6. The van der Waals surface area contributed by atoms with E-state index in [4.69, 9.17) is 5.73 Å². The third kappa shape index (κ3) is 2.28. The van der Waals surface area contributed by atoms with Gasteiger partial charge in [-0.1, -0.05) is 30.0 Å². The fraction of sp³-hybridized carbons (Fsp3) is 0.0667. The zero-order chi connectivity index (χ0) is 14.1. The number of aromatic amines is 1. The number of fused-ring (bicyclic) bond motifs is 1. The number of nitrogen functional groups attached to an aromatic ring is 1. The molecular weight excluding hydrogens is 270 g/mol. The number of hydrogen-bond acceptors (Lipinski definition) is 4. The molecule has 20 heavy (non-hydrogen) atoms. The third-order valence-corrected chi connectivity index (χ3v) is 4.34. The molecule has 0 atom stereocenters. The van der Waals surface area contributed by atoms with E-state index < -0.39 is 0 Å². The van der Waals surface area contributed by atoms with Crippen LogP contribution in [0.15, 0.2) is 57.3 Å². The highest BCUT2D eigenvalue weighted by molar-refractivity contribution is 7.99. The molecule has 0 saturated carbocycles. The molecule has 0 aliphatic rings. The van der Waals surface area contributed by atoms with Crippen molar-refractivity contribution < 1.29 is 0 Å². The van der Waals surface area contributed by atoms with E-state index in [-0.39, 0.29) is 5.56 Å². The highest BCUT2D eigenvalue weighted by atomic mass is 32.2. The van der Waals surface area contributed by atoms with E-state index in [0.29, 0.717) is 16.6 Å². The number of hydrogen-bond donors (Lipinski definition) is 2. The summed E-state index contributed by atoms with van der Waals surface area (Å²) in [7, 11) is 0. The van der Waals surface area contributed by atoms with Crippen LogP contribution in [0.3, 0.4) is 0 Å². The SMILES string of the molecule is Cc1ccccc1Sc1cc2nc[nH]c(=O)c2cc1N.